The molecule has 10 heteroatoms. The number of halogens is 2. The summed E-state index contributed by atoms with van der Waals surface area (Å²) in [5.41, 5.74) is 0.546. The predicted octanol–water partition coefficient (Wildman–Crippen LogP) is 5.47. The Balaban J connectivity index is 2.02. The molecule has 0 unspecified atom stereocenters. The van der Waals surface area contributed by atoms with E-state index in [1.54, 1.807) is 73.7 Å². The van der Waals surface area contributed by atoms with Gasteiger partial charge in [-0.15, -0.1) is 0 Å². The minimum Gasteiger partial charge on any atom is -0.350 e. The molecule has 2 amide bonds. The molecule has 0 radical (unpaired) electrons. The first-order valence-corrected chi connectivity index (χ1v) is 14.9. The lowest BCUT2D eigenvalue weighted by Crippen LogP contribution is -2.54. The van der Waals surface area contributed by atoms with Crippen molar-refractivity contribution in [3.8, 4) is 0 Å². The second kappa shape index (κ2) is 12.5. The van der Waals surface area contributed by atoms with E-state index < -0.39 is 34.1 Å². The van der Waals surface area contributed by atoms with Gasteiger partial charge in [0.1, 0.15) is 12.6 Å². The van der Waals surface area contributed by atoms with Gasteiger partial charge in [-0.1, -0.05) is 41.9 Å². The highest BCUT2D eigenvalue weighted by Crippen LogP contribution is 2.25. The Labute approximate surface area is 243 Å². The molecule has 0 spiro atoms. The average Bonchev–Trinajstić information content (AvgIpc) is 2.85. The maximum atomic E-state index is 13.9. The maximum absolute atomic E-state index is 13.9. The summed E-state index contributed by atoms with van der Waals surface area (Å²) >= 11 is 8.30. The summed E-state index contributed by atoms with van der Waals surface area (Å²) in [6.07, 6.45) is 0. The van der Waals surface area contributed by atoms with Crippen LogP contribution in [0.4, 0.5) is 5.69 Å². The van der Waals surface area contributed by atoms with Gasteiger partial charge in [0.15, 0.2) is 0 Å². The Hall–Kier alpha value is -2.63. The summed E-state index contributed by atoms with van der Waals surface area (Å²) < 4.78 is 29.5. The van der Waals surface area contributed by atoms with Crippen LogP contribution in [0.15, 0.2) is 83.8 Å². The van der Waals surface area contributed by atoms with Crippen LogP contribution in [0, 0.1) is 3.57 Å². The number of carbonyl (C=O) groups excluding carboxylic acids is 2. The zero-order chi connectivity index (χ0) is 28.1. The fourth-order valence-electron chi connectivity index (χ4n) is 3.74. The summed E-state index contributed by atoms with van der Waals surface area (Å²) in [5.74, 6) is -0.876. The van der Waals surface area contributed by atoms with E-state index in [4.69, 9.17) is 11.6 Å². The summed E-state index contributed by atoms with van der Waals surface area (Å²) in [4.78, 5) is 28.4. The molecule has 3 rings (SSSR count). The van der Waals surface area contributed by atoms with Crippen molar-refractivity contribution in [1.82, 2.24) is 10.2 Å². The lowest BCUT2D eigenvalue weighted by molar-refractivity contribution is -0.140. The number of anilines is 1. The number of nitrogens with one attached hydrogen (secondary N) is 1. The summed E-state index contributed by atoms with van der Waals surface area (Å²) in [6, 6.07) is 21.0. The number of hydrogen-bond acceptors (Lipinski definition) is 4. The molecule has 0 aliphatic heterocycles. The predicted molar refractivity (Wildman–Crippen MR) is 159 cm³/mol. The standard InChI is InChI=1S/C28H31ClIN3O4S/c1-20(27(35)31-28(2,3)4)32(18-21-9-8-10-22(29)17-21)26(34)19-33(24-15-13-23(30)14-16-24)38(36,37)25-11-6-5-7-12-25/h5-17,20H,18-19H2,1-4H3,(H,31,35)/t20-/m0/s1. The zero-order valence-electron chi connectivity index (χ0n) is 21.7. The number of nitrogens with zero attached hydrogens (tertiary/aromatic N) is 2. The van der Waals surface area contributed by atoms with E-state index in [0.29, 0.717) is 16.3 Å². The van der Waals surface area contributed by atoms with Crippen LogP contribution < -0.4 is 9.62 Å². The molecule has 0 fully saturated rings. The van der Waals surface area contributed by atoms with Crippen LogP contribution in [0.25, 0.3) is 0 Å². The lowest BCUT2D eigenvalue weighted by atomic mass is 10.1. The SMILES string of the molecule is C[C@@H](C(=O)NC(C)(C)C)N(Cc1cccc(Cl)c1)C(=O)CN(c1ccc(I)cc1)S(=O)(=O)c1ccccc1. The molecule has 1 N–H and O–H groups in total. The molecule has 202 valence electrons. The van der Waals surface area contributed by atoms with Crippen LogP contribution in [0.2, 0.25) is 5.02 Å². The van der Waals surface area contributed by atoms with Gasteiger partial charge in [0.25, 0.3) is 10.0 Å². The van der Waals surface area contributed by atoms with E-state index >= 15 is 0 Å². The van der Waals surface area contributed by atoms with Crippen molar-refractivity contribution in [3.05, 3.63) is 93.0 Å². The molecule has 0 saturated carbocycles. The molecule has 0 heterocycles. The van der Waals surface area contributed by atoms with E-state index in [1.165, 1.54) is 17.0 Å². The molecule has 38 heavy (non-hydrogen) atoms. The van der Waals surface area contributed by atoms with E-state index in [-0.39, 0.29) is 17.3 Å². The summed E-state index contributed by atoms with van der Waals surface area (Å²) in [6.45, 7) is 6.77. The lowest BCUT2D eigenvalue weighted by Gasteiger charge is -2.33. The Bertz CT molecular complexity index is 1380. The van der Waals surface area contributed by atoms with Gasteiger partial charge in [-0.2, -0.15) is 0 Å². The van der Waals surface area contributed by atoms with Crippen molar-refractivity contribution in [1.29, 1.82) is 0 Å². The van der Waals surface area contributed by atoms with Crippen LogP contribution in [0.3, 0.4) is 0 Å². The van der Waals surface area contributed by atoms with Crippen molar-refractivity contribution >= 4 is 61.7 Å². The highest BCUT2D eigenvalue weighted by Gasteiger charge is 2.33. The normalized spacial score (nSPS) is 12.5. The molecule has 3 aromatic rings. The molecule has 0 aliphatic carbocycles. The minimum atomic E-state index is -4.09. The Morgan fingerprint density at radius 1 is 0.974 bits per heavy atom. The van der Waals surface area contributed by atoms with Crippen molar-refractivity contribution in [2.24, 2.45) is 0 Å². The second-order valence-corrected chi connectivity index (χ2v) is 13.4. The van der Waals surface area contributed by atoms with Crippen LogP contribution in [-0.4, -0.2) is 43.3 Å². The molecule has 0 bridgehead atoms. The second-order valence-electron chi connectivity index (χ2n) is 9.87. The number of rotatable bonds is 9. The molecule has 7 nitrogen and oxygen atoms in total. The number of benzene rings is 3. The smallest absolute Gasteiger partial charge is 0.264 e. The third-order valence-corrected chi connectivity index (χ3v) is 8.37. The average molecular weight is 668 g/mol. The first kappa shape index (κ1) is 29.9. The molecule has 0 aromatic heterocycles. The van der Waals surface area contributed by atoms with Crippen molar-refractivity contribution < 1.29 is 18.0 Å². The zero-order valence-corrected chi connectivity index (χ0v) is 25.4. The van der Waals surface area contributed by atoms with Crippen LogP contribution >= 0.6 is 34.2 Å². The van der Waals surface area contributed by atoms with Gasteiger partial charge in [0.05, 0.1) is 10.6 Å². The van der Waals surface area contributed by atoms with E-state index in [2.05, 4.69) is 27.9 Å². The summed E-state index contributed by atoms with van der Waals surface area (Å²) in [7, 11) is -4.09. The molecule has 1 atom stereocenters. The van der Waals surface area contributed by atoms with E-state index in [9.17, 15) is 18.0 Å². The van der Waals surface area contributed by atoms with Crippen molar-refractivity contribution in [2.75, 3.05) is 10.8 Å². The molecule has 0 saturated heterocycles. The fraction of sp³-hybridized carbons (Fsp3) is 0.286. The highest BCUT2D eigenvalue weighted by atomic mass is 127. The Morgan fingerprint density at radius 2 is 1.61 bits per heavy atom. The van der Waals surface area contributed by atoms with Gasteiger partial charge in [0.2, 0.25) is 11.8 Å². The topological polar surface area (TPSA) is 86.8 Å². The molecular formula is C28H31ClIN3O4S. The molecular weight excluding hydrogens is 637 g/mol. The van der Waals surface area contributed by atoms with Gasteiger partial charge in [-0.25, -0.2) is 8.42 Å². The van der Waals surface area contributed by atoms with Gasteiger partial charge in [-0.05, 0) is 104 Å². The van der Waals surface area contributed by atoms with Crippen LogP contribution in [-0.2, 0) is 26.2 Å². The molecule has 3 aromatic carbocycles. The quantitative estimate of drug-likeness (QED) is 0.307. The third kappa shape index (κ3) is 7.94. The largest absolute Gasteiger partial charge is 0.350 e. The first-order chi connectivity index (χ1) is 17.8. The Kier molecular flexibility index (Phi) is 9.83. The number of carbonyl (C=O) groups is 2. The van der Waals surface area contributed by atoms with Gasteiger partial charge in [0, 0.05) is 20.7 Å². The number of amides is 2. The van der Waals surface area contributed by atoms with Crippen LogP contribution in [0.5, 0.6) is 0 Å². The Morgan fingerprint density at radius 3 is 2.18 bits per heavy atom. The van der Waals surface area contributed by atoms with Crippen LogP contribution in [0.1, 0.15) is 33.3 Å². The van der Waals surface area contributed by atoms with E-state index in [1.807, 2.05) is 20.8 Å². The fourth-order valence-corrected chi connectivity index (χ4v) is 5.75. The minimum absolute atomic E-state index is 0.0614. The monoisotopic (exact) mass is 667 g/mol. The van der Waals surface area contributed by atoms with Crippen molar-refractivity contribution in [2.45, 2.75) is 50.7 Å². The first-order valence-electron chi connectivity index (χ1n) is 12.0. The maximum Gasteiger partial charge on any atom is 0.264 e. The van der Waals surface area contributed by atoms with Gasteiger partial charge in [-0.3, -0.25) is 13.9 Å². The van der Waals surface area contributed by atoms with Crippen molar-refractivity contribution in [3.63, 3.8) is 0 Å². The summed E-state index contributed by atoms with van der Waals surface area (Å²) in [5, 5.41) is 3.40. The number of sulfonamides is 1. The molecule has 0 aliphatic rings. The van der Waals surface area contributed by atoms with E-state index in [0.717, 1.165) is 7.88 Å². The van der Waals surface area contributed by atoms with Gasteiger partial charge >= 0.3 is 0 Å². The number of hydrogen-bond donors (Lipinski definition) is 1. The third-order valence-electron chi connectivity index (χ3n) is 5.63. The highest BCUT2D eigenvalue weighted by molar-refractivity contribution is 14.1. The van der Waals surface area contributed by atoms with Gasteiger partial charge < -0.3 is 10.2 Å².